The quantitative estimate of drug-likeness (QED) is 0.536. The summed E-state index contributed by atoms with van der Waals surface area (Å²) >= 11 is 2.95. The highest BCUT2D eigenvalue weighted by atomic mass is 79.9. The predicted octanol–water partition coefficient (Wildman–Crippen LogP) is 0.0850. The van der Waals surface area contributed by atoms with Crippen LogP contribution in [0.4, 0.5) is 0 Å². The van der Waals surface area contributed by atoms with E-state index in [0.29, 0.717) is 0 Å². The highest BCUT2D eigenvalue weighted by Gasteiger charge is 2.14. The Hall–Kier alpha value is -0.710. The number of aliphatic hydroxyl groups is 1. The molecule has 0 aromatic carbocycles. The minimum absolute atomic E-state index is 0.00889. The largest absolute Gasteiger partial charge is 0.493 e. The van der Waals surface area contributed by atoms with Crippen molar-refractivity contribution in [2.24, 2.45) is 0 Å². The van der Waals surface area contributed by atoms with Crippen molar-refractivity contribution in [2.45, 2.75) is 0 Å². The first-order valence-corrected chi connectivity index (χ1v) is 3.03. The second kappa shape index (κ2) is 2.26. The molecule has 0 aliphatic carbocycles. The zero-order chi connectivity index (χ0) is 6.85. The van der Waals surface area contributed by atoms with Crippen molar-refractivity contribution >= 4 is 22.1 Å². The molecule has 0 saturated heterocycles. The Morgan fingerprint density at radius 3 is 3.00 bits per heavy atom. The van der Waals surface area contributed by atoms with Crippen LogP contribution in [0.3, 0.4) is 0 Å². The van der Waals surface area contributed by atoms with Crippen LogP contribution in [0.25, 0.3) is 0 Å². The molecule has 50 valence electrons. The molecule has 0 radical (unpaired) electrons. The third kappa shape index (κ3) is 1.35. The first-order chi connectivity index (χ1) is 4.20. The Labute approximate surface area is 60.5 Å². The summed E-state index contributed by atoms with van der Waals surface area (Å²) in [7, 11) is 0. The lowest BCUT2D eigenvalue weighted by Crippen LogP contribution is -2.34. The van der Waals surface area contributed by atoms with E-state index in [-0.39, 0.29) is 18.3 Å². The Bertz CT molecular complexity index is 168. The van der Waals surface area contributed by atoms with E-state index in [0.717, 1.165) is 0 Å². The van der Waals surface area contributed by atoms with Crippen molar-refractivity contribution < 1.29 is 9.90 Å². The standard InChI is InChI=1S/C4H5BrN2O2/c5-7-2-3(8)6-1-4(7)9/h1,9H,2H2,(H,6,8). The van der Waals surface area contributed by atoms with Gasteiger partial charge in [0, 0.05) is 0 Å². The van der Waals surface area contributed by atoms with Gasteiger partial charge in [-0.25, -0.2) is 0 Å². The predicted molar refractivity (Wildman–Crippen MR) is 34.5 cm³/mol. The van der Waals surface area contributed by atoms with E-state index in [1.165, 1.54) is 10.1 Å². The van der Waals surface area contributed by atoms with Crippen molar-refractivity contribution in [3.05, 3.63) is 12.1 Å². The Morgan fingerprint density at radius 1 is 1.89 bits per heavy atom. The van der Waals surface area contributed by atoms with Crippen LogP contribution in [0.2, 0.25) is 0 Å². The summed E-state index contributed by atoms with van der Waals surface area (Å²) < 4.78 is 1.27. The van der Waals surface area contributed by atoms with Crippen molar-refractivity contribution in [2.75, 3.05) is 6.54 Å². The van der Waals surface area contributed by atoms with E-state index in [4.69, 9.17) is 5.11 Å². The van der Waals surface area contributed by atoms with Gasteiger partial charge in [-0.15, -0.1) is 0 Å². The summed E-state index contributed by atoms with van der Waals surface area (Å²) in [5.41, 5.74) is 0. The molecule has 1 aliphatic rings. The number of hydrogen-bond acceptors (Lipinski definition) is 3. The number of hydrogen-bond donors (Lipinski definition) is 2. The molecule has 2 N–H and O–H groups in total. The second-order valence-corrected chi connectivity index (χ2v) is 2.45. The van der Waals surface area contributed by atoms with Crippen LogP contribution < -0.4 is 5.32 Å². The number of halogens is 1. The highest BCUT2D eigenvalue weighted by molar-refractivity contribution is 9.07. The number of nitrogens with one attached hydrogen (secondary N) is 1. The van der Waals surface area contributed by atoms with Crippen LogP contribution in [0.5, 0.6) is 0 Å². The van der Waals surface area contributed by atoms with Gasteiger partial charge in [-0.2, -0.15) is 0 Å². The summed E-state index contributed by atoms with van der Waals surface area (Å²) in [4.78, 5) is 10.5. The lowest BCUT2D eigenvalue weighted by Gasteiger charge is -2.17. The van der Waals surface area contributed by atoms with E-state index >= 15 is 0 Å². The number of carbonyl (C=O) groups excluding carboxylic acids is 1. The normalized spacial score (nSPS) is 19.0. The number of rotatable bonds is 0. The van der Waals surface area contributed by atoms with Crippen molar-refractivity contribution in [3.63, 3.8) is 0 Å². The molecular weight excluding hydrogens is 188 g/mol. The number of amides is 1. The van der Waals surface area contributed by atoms with Gasteiger partial charge in [-0.3, -0.25) is 8.72 Å². The molecule has 0 atom stereocenters. The van der Waals surface area contributed by atoms with Gasteiger partial charge in [0.05, 0.1) is 22.3 Å². The van der Waals surface area contributed by atoms with Crippen LogP contribution in [0.1, 0.15) is 0 Å². The minimum atomic E-state index is -0.148. The molecule has 9 heavy (non-hydrogen) atoms. The van der Waals surface area contributed by atoms with E-state index in [1.807, 2.05) is 0 Å². The zero-order valence-electron chi connectivity index (χ0n) is 4.47. The zero-order valence-corrected chi connectivity index (χ0v) is 6.05. The molecule has 4 nitrogen and oxygen atoms in total. The fraction of sp³-hybridized carbons (Fsp3) is 0.250. The average molecular weight is 193 g/mol. The molecular formula is C4H5BrN2O2. The topological polar surface area (TPSA) is 52.6 Å². The smallest absolute Gasteiger partial charge is 0.244 e. The maximum atomic E-state index is 10.5. The van der Waals surface area contributed by atoms with E-state index in [9.17, 15) is 4.79 Å². The molecule has 0 bridgehead atoms. The minimum Gasteiger partial charge on any atom is -0.493 e. The third-order valence-electron chi connectivity index (χ3n) is 0.893. The lowest BCUT2D eigenvalue weighted by atomic mass is 10.5. The maximum absolute atomic E-state index is 10.5. The molecule has 0 unspecified atom stereocenters. The lowest BCUT2D eigenvalue weighted by molar-refractivity contribution is -0.121. The number of nitrogens with zero attached hydrogens (tertiary/aromatic N) is 1. The molecule has 1 aliphatic heterocycles. The Kier molecular flexibility index (Phi) is 1.61. The Balaban J connectivity index is 2.67. The molecule has 0 aromatic rings. The molecule has 1 heterocycles. The van der Waals surface area contributed by atoms with Crippen molar-refractivity contribution in [1.82, 2.24) is 9.24 Å². The van der Waals surface area contributed by atoms with Gasteiger partial charge in [-0.05, 0) is 0 Å². The monoisotopic (exact) mass is 192 g/mol. The van der Waals surface area contributed by atoms with E-state index in [2.05, 4.69) is 21.5 Å². The molecule has 0 spiro atoms. The highest BCUT2D eigenvalue weighted by Crippen LogP contribution is 2.07. The van der Waals surface area contributed by atoms with Gasteiger partial charge < -0.3 is 10.4 Å². The first kappa shape index (κ1) is 6.41. The summed E-state index contributed by atoms with van der Waals surface area (Å²) in [6.45, 7) is 0.141. The first-order valence-electron chi connectivity index (χ1n) is 2.32. The van der Waals surface area contributed by atoms with Crippen LogP contribution in [0, 0.1) is 0 Å². The molecule has 0 fully saturated rings. The summed E-state index contributed by atoms with van der Waals surface area (Å²) in [5.74, 6) is -0.140. The molecule has 5 heteroatoms. The SMILES string of the molecule is O=C1CN(Br)C(O)=CN1. The molecule has 1 rings (SSSR count). The number of aliphatic hydroxyl groups excluding tert-OH is 1. The third-order valence-corrected chi connectivity index (χ3v) is 1.51. The Morgan fingerprint density at radius 2 is 2.56 bits per heavy atom. The van der Waals surface area contributed by atoms with Gasteiger partial charge in [0.25, 0.3) is 0 Å². The van der Waals surface area contributed by atoms with Crippen LogP contribution in [0.15, 0.2) is 12.1 Å². The average Bonchev–Trinajstić information content (AvgIpc) is 1.80. The maximum Gasteiger partial charge on any atom is 0.244 e. The van der Waals surface area contributed by atoms with Crippen molar-refractivity contribution in [1.29, 1.82) is 0 Å². The van der Waals surface area contributed by atoms with Crippen LogP contribution >= 0.6 is 16.1 Å². The van der Waals surface area contributed by atoms with E-state index < -0.39 is 0 Å². The van der Waals surface area contributed by atoms with Crippen molar-refractivity contribution in [3.8, 4) is 0 Å². The summed E-state index contributed by atoms with van der Waals surface area (Å²) in [5, 5.41) is 11.2. The summed E-state index contributed by atoms with van der Waals surface area (Å²) in [6.07, 6.45) is 1.22. The van der Waals surface area contributed by atoms with Crippen LogP contribution in [-0.2, 0) is 4.79 Å². The van der Waals surface area contributed by atoms with Gasteiger partial charge in [0.15, 0.2) is 0 Å². The van der Waals surface area contributed by atoms with Gasteiger partial charge in [-0.1, -0.05) is 0 Å². The van der Waals surface area contributed by atoms with Crippen LogP contribution in [-0.4, -0.2) is 21.5 Å². The molecule has 1 amide bonds. The van der Waals surface area contributed by atoms with Gasteiger partial charge >= 0.3 is 0 Å². The van der Waals surface area contributed by atoms with Gasteiger partial charge in [0.2, 0.25) is 11.8 Å². The van der Waals surface area contributed by atoms with Gasteiger partial charge in [0.1, 0.15) is 6.54 Å². The number of carbonyl (C=O) groups is 1. The fourth-order valence-corrected chi connectivity index (χ4v) is 0.798. The van der Waals surface area contributed by atoms with E-state index in [1.54, 1.807) is 0 Å². The second-order valence-electron chi connectivity index (χ2n) is 1.59. The molecule has 0 saturated carbocycles. The fourth-order valence-electron chi connectivity index (χ4n) is 0.468. The summed E-state index contributed by atoms with van der Waals surface area (Å²) in [6, 6.07) is 0. The molecule has 0 aromatic heterocycles.